The first kappa shape index (κ1) is 22.5. The highest BCUT2D eigenvalue weighted by atomic mass is 32.2. The number of aryl methyl sites for hydroxylation is 1. The van der Waals surface area contributed by atoms with E-state index in [0.717, 1.165) is 32.5 Å². The molecule has 4 aromatic rings. The van der Waals surface area contributed by atoms with Crippen LogP contribution in [0.25, 0.3) is 11.8 Å². The van der Waals surface area contributed by atoms with Gasteiger partial charge in [-0.2, -0.15) is 10.4 Å². The summed E-state index contributed by atoms with van der Waals surface area (Å²) in [5.74, 6) is 0.430. The Labute approximate surface area is 199 Å². The van der Waals surface area contributed by atoms with E-state index in [1.807, 2.05) is 61.0 Å². The van der Waals surface area contributed by atoms with Crippen molar-refractivity contribution in [3.05, 3.63) is 88.8 Å². The summed E-state index contributed by atoms with van der Waals surface area (Å²) >= 11 is 2.85. The lowest BCUT2D eigenvalue weighted by Crippen LogP contribution is -2.07. The van der Waals surface area contributed by atoms with Crippen molar-refractivity contribution >= 4 is 40.2 Å². The average Bonchev–Trinajstić information content (AvgIpc) is 3.40. The van der Waals surface area contributed by atoms with E-state index in [1.165, 1.54) is 29.2 Å². The molecule has 2 aromatic carbocycles. The highest BCUT2D eigenvalue weighted by Crippen LogP contribution is 2.28. The van der Waals surface area contributed by atoms with Crippen molar-refractivity contribution in [3.63, 3.8) is 0 Å². The molecule has 0 saturated carbocycles. The van der Waals surface area contributed by atoms with Gasteiger partial charge in [-0.1, -0.05) is 53.4 Å². The molecule has 0 radical (unpaired) electrons. The van der Waals surface area contributed by atoms with Gasteiger partial charge in [-0.3, -0.25) is 10.1 Å². The summed E-state index contributed by atoms with van der Waals surface area (Å²) in [7, 11) is 0. The molecule has 0 aliphatic carbocycles. The zero-order valence-corrected chi connectivity index (χ0v) is 19.7. The zero-order chi connectivity index (χ0) is 23.2. The van der Waals surface area contributed by atoms with Crippen molar-refractivity contribution in [1.82, 2.24) is 20.0 Å². The number of nitrogens with zero attached hydrogens (tertiary/aromatic N) is 5. The van der Waals surface area contributed by atoms with E-state index in [1.54, 1.807) is 18.2 Å². The van der Waals surface area contributed by atoms with Gasteiger partial charge in [0.15, 0.2) is 4.34 Å². The van der Waals surface area contributed by atoms with Gasteiger partial charge in [0, 0.05) is 23.1 Å². The lowest BCUT2D eigenvalue weighted by Gasteiger charge is -2.03. The smallest absolute Gasteiger partial charge is 0.250 e. The fourth-order valence-corrected chi connectivity index (χ4v) is 4.87. The van der Waals surface area contributed by atoms with Gasteiger partial charge in [0.05, 0.1) is 23.0 Å². The van der Waals surface area contributed by atoms with E-state index in [4.69, 9.17) is 5.26 Å². The Kier molecular flexibility index (Phi) is 6.98. The number of aromatic nitrogens is 4. The molecule has 0 atom stereocenters. The predicted molar refractivity (Wildman–Crippen MR) is 131 cm³/mol. The third kappa shape index (κ3) is 5.55. The number of rotatable bonds is 7. The quantitative estimate of drug-likeness (QED) is 0.227. The topological polar surface area (TPSA) is 96.5 Å². The molecule has 0 fully saturated rings. The number of hydrogen-bond donors (Lipinski definition) is 1. The number of para-hydroxylation sites is 1. The molecule has 0 unspecified atom stereocenters. The zero-order valence-electron chi connectivity index (χ0n) is 18.0. The van der Waals surface area contributed by atoms with Gasteiger partial charge in [-0.15, -0.1) is 10.2 Å². The maximum absolute atomic E-state index is 12.4. The van der Waals surface area contributed by atoms with Crippen LogP contribution in [-0.2, 0) is 10.5 Å². The molecule has 0 saturated heterocycles. The molecule has 0 aliphatic rings. The average molecular weight is 473 g/mol. The summed E-state index contributed by atoms with van der Waals surface area (Å²) in [6, 6.07) is 19.4. The summed E-state index contributed by atoms with van der Waals surface area (Å²) in [6.07, 6.45) is 3.26. The van der Waals surface area contributed by atoms with Crippen molar-refractivity contribution in [1.29, 1.82) is 5.26 Å². The fourth-order valence-electron chi connectivity index (χ4n) is 3.16. The van der Waals surface area contributed by atoms with Gasteiger partial charge in [0.1, 0.15) is 0 Å². The van der Waals surface area contributed by atoms with Crippen LogP contribution in [0.3, 0.4) is 0 Å². The number of amides is 1. The summed E-state index contributed by atoms with van der Waals surface area (Å²) in [6.45, 7) is 3.90. The highest BCUT2D eigenvalue weighted by molar-refractivity contribution is 8.00. The van der Waals surface area contributed by atoms with Gasteiger partial charge < -0.3 is 0 Å². The van der Waals surface area contributed by atoms with E-state index in [9.17, 15) is 4.79 Å². The standard InChI is InChI=1S/C24H20N6OS2/c1-16-21(17(2)30(29-16)20-6-4-3-5-7-20)12-13-22(31)26-23-27-28-24(33-23)32-15-19-10-8-18(14-25)9-11-19/h3-13H,15H2,1-2H3,(H,26,27,31)/b13-12+. The molecule has 7 nitrogen and oxygen atoms in total. The second-order valence-electron chi connectivity index (χ2n) is 7.12. The number of nitrogens with one attached hydrogen (secondary N) is 1. The number of carbonyl (C=O) groups excluding carboxylic acids is 1. The summed E-state index contributed by atoms with van der Waals surface area (Å²) in [5, 5.41) is 24.9. The molecule has 0 spiro atoms. The van der Waals surface area contributed by atoms with Crippen LogP contribution in [0.15, 0.2) is 65.0 Å². The Morgan fingerprint density at radius 1 is 1.15 bits per heavy atom. The Morgan fingerprint density at radius 3 is 2.64 bits per heavy atom. The molecule has 33 heavy (non-hydrogen) atoms. The van der Waals surface area contributed by atoms with E-state index in [-0.39, 0.29) is 5.91 Å². The largest absolute Gasteiger partial charge is 0.297 e. The lowest BCUT2D eigenvalue weighted by atomic mass is 10.2. The second-order valence-corrected chi connectivity index (χ2v) is 9.32. The SMILES string of the molecule is Cc1nn(-c2ccccc2)c(C)c1/C=C/C(=O)Nc1nnc(SCc2ccc(C#N)cc2)s1. The number of anilines is 1. The second kappa shape index (κ2) is 10.3. The van der Waals surface area contributed by atoms with E-state index in [0.29, 0.717) is 16.4 Å². The minimum atomic E-state index is -0.277. The summed E-state index contributed by atoms with van der Waals surface area (Å²) in [5.41, 5.74) is 5.41. The van der Waals surface area contributed by atoms with Gasteiger partial charge in [-0.05, 0) is 49.8 Å². The van der Waals surface area contributed by atoms with E-state index in [2.05, 4.69) is 26.7 Å². The Morgan fingerprint density at radius 2 is 1.91 bits per heavy atom. The molecule has 0 bridgehead atoms. The normalized spacial score (nSPS) is 10.9. The molecule has 2 heterocycles. The van der Waals surface area contributed by atoms with Gasteiger partial charge in [0.2, 0.25) is 11.0 Å². The first-order valence-corrected chi connectivity index (χ1v) is 11.9. The van der Waals surface area contributed by atoms with Crippen LogP contribution in [0.2, 0.25) is 0 Å². The molecule has 9 heteroatoms. The monoisotopic (exact) mass is 472 g/mol. The molecule has 4 rings (SSSR count). The van der Waals surface area contributed by atoms with E-state index < -0.39 is 0 Å². The van der Waals surface area contributed by atoms with Crippen LogP contribution >= 0.6 is 23.1 Å². The van der Waals surface area contributed by atoms with Crippen LogP contribution in [-0.4, -0.2) is 25.9 Å². The fraction of sp³-hybridized carbons (Fsp3) is 0.125. The van der Waals surface area contributed by atoms with Crippen molar-refractivity contribution in [2.45, 2.75) is 23.9 Å². The molecule has 0 aliphatic heterocycles. The highest BCUT2D eigenvalue weighted by Gasteiger charge is 2.12. The number of carbonyl (C=O) groups is 1. The summed E-state index contributed by atoms with van der Waals surface area (Å²) < 4.78 is 2.63. The minimum Gasteiger partial charge on any atom is -0.297 e. The Bertz CT molecular complexity index is 1330. The third-order valence-corrected chi connectivity index (χ3v) is 6.87. The maximum atomic E-state index is 12.4. The van der Waals surface area contributed by atoms with Gasteiger partial charge in [0.25, 0.3) is 0 Å². The van der Waals surface area contributed by atoms with Crippen molar-refractivity contribution in [2.75, 3.05) is 5.32 Å². The molecule has 2 aromatic heterocycles. The van der Waals surface area contributed by atoms with Crippen LogP contribution in [0.1, 0.15) is 28.1 Å². The predicted octanol–water partition coefficient (Wildman–Crippen LogP) is 5.16. The molecule has 1 N–H and O–H groups in total. The van der Waals surface area contributed by atoms with Crippen LogP contribution in [0.5, 0.6) is 0 Å². The van der Waals surface area contributed by atoms with Gasteiger partial charge in [-0.25, -0.2) is 4.68 Å². The lowest BCUT2D eigenvalue weighted by molar-refractivity contribution is -0.111. The summed E-state index contributed by atoms with van der Waals surface area (Å²) in [4.78, 5) is 12.4. The molecular formula is C24H20N6OS2. The first-order valence-electron chi connectivity index (χ1n) is 10.1. The van der Waals surface area contributed by atoms with Crippen molar-refractivity contribution < 1.29 is 4.79 Å². The first-order chi connectivity index (χ1) is 16.0. The Balaban J connectivity index is 1.36. The van der Waals surface area contributed by atoms with Crippen molar-refractivity contribution in [2.24, 2.45) is 0 Å². The van der Waals surface area contributed by atoms with Crippen LogP contribution in [0.4, 0.5) is 5.13 Å². The minimum absolute atomic E-state index is 0.277. The molecule has 1 amide bonds. The number of thioether (sulfide) groups is 1. The van der Waals surface area contributed by atoms with Crippen LogP contribution in [0, 0.1) is 25.2 Å². The number of benzene rings is 2. The molecule has 164 valence electrons. The third-order valence-electron chi connectivity index (χ3n) is 4.83. The van der Waals surface area contributed by atoms with Crippen LogP contribution < -0.4 is 5.32 Å². The van der Waals surface area contributed by atoms with Gasteiger partial charge >= 0.3 is 0 Å². The molecular weight excluding hydrogens is 452 g/mol. The Hall–Kier alpha value is -3.74. The van der Waals surface area contributed by atoms with Crippen molar-refractivity contribution in [3.8, 4) is 11.8 Å². The number of nitriles is 1. The van der Waals surface area contributed by atoms with E-state index >= 15 is 0 Å². The number of hydrogen-bond acceptors (Lipinski definition) is 7. The maximum Gasteiger partial charge on any atom is 0.250 e.